The number of halogens is 2. The van der Waals surface area contributed by atoms with Gasteiger partial charge in [-0.1, -0.05) is 85.3 Å². The molecule has 10 heteroatoms. The largest absolute Gasteiger partial charge is 0.352 e. The van der Waals surface area contributed by atoms with E-state index in [2.05, 4.69) is 27.9 Å². The van der Waals surface area contributed by atoms with Crippen LogP contribution in [0.25, 0.3) is 0 Å². The van der Waals surface area contributed by atoms with E-state index in [0.29, 0.717) is 22.7 Å². The Hall–Kier alpha value is -3.41. The summed E-state index contributed by atoms with van der Waals surface area (Å²) in [5.74, 6) is -0.862. The van der Waals surface area contributed by atoms with E-state index in [4.69, 9.17) is 11.6 Å². The molecule has 0 radical (unpaired) electrons. The summed E-state index contributed by atoms with van der Waals surface area (Å²) in [5.41, 5.74) is 1.84. The first-order valence-electron chi connectivity index (χ1n) is 14.3. The fourth-order valence-electron chi connectivity index (χ4n) is 4.66. The van der Waals surface area contributed by atoms with Crippen molar-refractivity contribution >= 4 is 61.7 Å². The number of anilines is 1. The average molecular weight is 744 g/mol. The van der Waals surface area contributed by atoms with Crippen molar-refractivity contribution in [2.24, 2.45) is 0 Å². The number of carbonyl (C=O) groups is 2. The van der Waals surface area contributed by atoms with Crippen LogP contribution < -0.4 is 9.62 Å². The second-order valence-electron chi connectivity index (χ2n) is 10.4. The summed E-state index contributed by atoms with van der Waals surface area (Å²) in [7, 11) is -4.15. The van der Waals surface area contributed by atoms with E-state index in [9.17, 15) is 18.0 Å². The molecular weight excluding hydrogens is 709 g/mol. The quantitative estimate of drug-likeness (QED) is 0.155. The maximum absolute atomic E-state index is 14.5. The Morgan fingerprint density at radius 3 is 2.07 bits per heavy atom. The van der Waals surface area contributed by atoms with Gasteiger partial charge in [0.25, 0.3) is 10.0 Å². The monoisotopic (exact) mass is 743 g/mol. The number of nitrogens with one attached hydrogen (secondary N) is 1. The minimum atomic E-state index is -4.15. The first-order valence-corrected chi connectivity index (χ1v) is 17.2. The predicted molar refractivity (Wildman–Crippen MR) is 184 cm³/mol. The van der Waals surface area contributed by atoms with Gasteiger partial charge in [-0.2, -0.15) is 0 Å². The molecule has 0 fully saturated rings. The van der Waals surface area contributed by atoms with Crippen molar-refractivity contribution in [3.63, 3.8) is 0 Å². The summed E-state index contributed by atoms with van der Waals surface area (Å²) >= 11 is 8.69. The molecule has 4 aromatic carbocycles. The minimum absolute atomic E-state index is 0.00977. The zero-order chi connectivity index (χ0) is 31.7. The molecule has 0 heterocycles. The highest BCUT2D eigenvalue weighted by atomic mass is 127. The molecule has 0 saturated carbocycles. The summed E-state index contributed by atoms with van der Waals surface area (Å²) in [5, 5.41) is 3.48. The van der Waals surface area contributed by atoms with Crippen molar-refractivity contribution in [1.29, 1.82) is 0 Å². The molecule has 4 aromatic rings. The molecule has 0 aliphatic rings. The van der Waals surface area contributed by atoms with Gasteiger partial charge in [0.2, 0.25) is 11.8 Å². The predicted octanol–water partition coefficient (Wildman–Crippen LogP) is 6.69. The fourth-order valence-corrected chi connectivity index (χ4v) is 6.65. The topological polar surface area (TPSA) is 86.8 Å². The number of nitrogens with zero attached hydrogens (tertiary/aromatic N) is 2. The van der Waals surface area contributed by atoms with Gasteiger partial charge in [0.05, 0.1) is 10.6 Å². The lowest BCUT2D eigenvalue weighted by Gasteiger charge is -2.34. The van der Waals surface area contributed by atoms with E-state index in [0.717, 1.165) is 13.4 Å². The number of amides is 2. The average Bonchev–Trinajstić information content (AvgIpc) is 3.03. The van der Waals surface area contributed by atoms with Crippen LogP contribution in [0, 0.1) is 3.57 Å². The van der Waals surface area contributed by atoms with Crippen LogP contribution >= 0.6 is 34.2 Å². The first kappa shape index (κ1) is 33.5. The molecule has 0 aliphatic carbocycles. The van der Waals surface area contributed by atoms with Gasteiger partial charge in [-0.15, -0.1) is 0 Å². The van der Waals surface area contributed by atoms with Crippen LogP contribution in [0.2, 0.25) is 5.02 Å². The molecule has 230 valence electrons. The van der Waals surface area contributed by atoms with Crippen molar-refractivity contribution in [2.45, 2.75) is 50.2 Å². The maximum atomic E-state index is 14.5. The molecule has 0 spiro atoms. The third kappa shape index (κ3) is 8.61. The van der Waals surface area contributed by atoms with E-state index in [1.807, 2.05) is 50.2 Å². The van der Waals surface area contributed by atoms with Gasteiger partial charge in [-0.05, 0) is 89.5 Å². The number of sulfonamides is 1. The molecule has 0 aromatic heterocycles. The SMILES string of the molecule is CC[C@@H](C)NC(=O)[C@@H](Cc1ccccc1)N(Cc1ccccc1Cl)C(=O)CN(c1ccc(I)cc1)S(=O)(=O)c1ccccc1. The minimum Gasteiger partial charge on any atom is -0.352 e. The second-order valence-corrected chi connectivity index (χ2v) is 14.0. The highest BCUT2D eigenvalue weighted by Gasteiger charge is 2.35. The molecule has 44 heavy (non-hydrogen) atoms. The van der Waals surface area contributed by atoms with E-state index >= 15 is 0 Å². The zero-order valence-electron chi connectivity index (χ0n) is 24.6. The van der Waals surface area contributed by atoms with Gasteiger partial charge in [-0.3, -0.25) is 13.9 Å². The molecular formula is C34H35ClIN3O4S. The van der Waals surface area contributed by atoms with Crippen LogP contribution in [0.5, 0.6) is 0 Å². The van der Waals surface area contributed by atoms with E-state index in [-0.39, 0.29) is 29.8 Å². The van der Waals surface area contributed by atoms with Crippen LogP contribution in [0.3, 0.4) is 0 Å². The van der Waals surface area contributed by atoms with Gasteiger partial charge < -0.3 is 10.2 Å². The molecule has 0 bridgehead atoms. The molecule has 2 atom stereocenters. The number of rotatable bonds is 13. The molecule has 4 rings (SSSR count). The Morgan fingerprint density at radius 1 is 0.864 bits per heavy atom. The van der Waals surface area contributed by atoms with E-state index in [1.54, 1.807) is 60.7 Å². The van der Waals surface area contributed by atoms with E-state index in [1.165, 1.54) is 17.0 Å². The number of hydrogen-bond acceptors (Lipinski definition) is 4. The number of benzene rings is 4. The van der Waals surface area contributed by atoms with Crippen molar-refractivity contribution in [3.8, 4) is 0 Å². The summed E-state index contributed by atoms with van der Waals surface area (Å²) in [4.78, 5) is 29.9. The summed E-state index contributed by atoms with van der Waals surface area (Å²) in [6.45, 7) is 3.36. The third-order valence-electron chi connectivity index (χ3n) is 7.30. The Labute approximate surface area is 278 Å². The normalized spacial score (nSPS) is 12.6. The van der Waals surface area contributed by atoms with Crippen molar-refractivity contribution < 1.29 is 18.0 Å². The molecule has 1 N–H and O–H groups in total. The van der Waals surface area contributed by atoms with Crippen LogP contribution in [-0.2, 0) is 32.6 Å². The van der Waals surface area contributed by atoms with Crippen LogP contribution in [0.15, 0.2) is 114 Å². The number of hydrogen-bond donors (Lipinski definition) is 1. The summed E-state index contributed by atoms with van der Waals surface area (Å²) in [6, 6.07) is 30.4. The molecule has 0 aliphatic heterocycles. The lowest BCUT2D eigenvalue weighted by atomic mass is 10.0. The Kier molecular flexibility index (Phi) is 11.8. The van der Waals surface area contributed by atoms with E-state index < -0.39 is 28.5 Å². The smallest absolute Gasteiger partial charge is 0.264 e. The van der Waals surface area contributed by atoms with Gasteiger partial charge in [0, 0.05) is 27.6 Å². The maximum Gasteiger partial charge on any atom is 0.264 e. The zero-order valence-corrected chi connectivity index (χ0v) is 28.3. The Balaban J connectivity index is 1.80. The second kappa shape index (κ2) is 15.5. The van der Waals surface area contributed by atoms with Crippen molar-refractivity contribution in [1.82, 2.24) is 10.2 Å². The highest BCUT2D eigenvalue weighted by Crippen LogP contribution is 2.26. The first-order chi connectivity index (χ1) is 21.1. The van der Waals surface area contributed by atoms with Crippen molar-refractivity contribution in [3.05, 3.63) is 129 Å². The highest BCUT2D eigenvalue weighted by molar-refractivity contribution is 14.1. The van der Waals surface area contributed by atoms with Gasteiger partial charge >= 0.3 is 0 Å². The van der Waals surface area contributed by atoms with Gasteiger partial charge in [0.1, 0.15) is 12.6 Å². The molecule has 7 nitrogen and oxygen atoms in total. The Morgan fingerprint density at radius 2 is 1.45 bits per heavy atom. The molecule has 0 saturated heterocycles. The Bertz CT molecular complexity index is 1660. The van der Waals surface area contributed by atoms with Crippen LogP contribution in [0.4, 0.5) is 5.69 Å². The standard InChI is InChI=1S/C34H35ClIN3O4S/c1-3-25(2)37-34(41)32(22-26-12-6-4-7-13-26)38(23-27-14-10-11-17-31(27)35)33(40)24-39(29-20-18-28(36)19-21-29)44(42,43)30-15-8-5-9-16-30/h4-21,25,32H,3,22-24H2,1-2H3,(H,37,41)/t25-,32-/m1/s1. The van der Waals surface area contributed by atoms with Crippen LogP contribution in [0.1, 0.15) is 31.4 Å². The number of carbonyl (C=O) groups excluding carboxylic acids is 2. The fraction of sp³-hybridized carbons (Fsp3) is 0.235. The van der Waals surface area contributed by atoms with Crippen molar-refractivity contribution in [2.75, 3.05) is 10.8 Å². The third-order valence-corrected chi connectivity index (χ3v) is 10.2. The van der Waals surface area contributed by atoms with Gasteiger partial charge in [0.15, 0.2) is 0 Å². The lowest BCUT2D eigenvalue weighted by molar-refractivity contribution is -0.140. The van der Waals surface area contributed by atoms with Gasteiger partial charge in [-0.25, -0.2) is 8.42 Å². The molecule has 0 unspecified atom stereocenters. The lowest BCUT2D eigenvalue weighted by Crippen LogP contribution is -2.54. The van der Waals surface area contributed by atoms with Crippen LogP contribution in [-0.4, -0.2) is 43.8 Å². The summed E-state index contributed by atoms with van der Waals surface area (Å²) in [6.07, 6.45) is 0.937. The molecule has 2 amide bonds. The summed E-state index contributed by atoms with van der Waals surface area (Å²) < 4.78 is 30.1.